The normalized spacial score (nSPS) is 18.0. The molecule has 6 nitrogen and oxygen atoms in total. The largest absolute Gasteiger partial charge is 0.478 e. The number of hydrogen-bond donors (Lipinski definition) is 3. The van der Waals surface area contributed by atoms with Crippen molar-refractivity contribution in [2.45, 2.75) is 12.8 Å². The number of urea groups is 1. The number of amides is 2. The van der Waals surface area contributed by atoms with Gasteiger partial charge >= 0.3 is 12.0 Å². The minimum Gasteiger partial charge on any atom is -0.478 e. The van der Waals surface area contributed by atoms with Crippen LogP contribution in [0.4, 0.5) is 10.5 Å². The van der Waals surface area contributed by atoms with Crippen molar-refractivity contribution in [3.8, 4) is 0 Å². The molecule has 2 amide bonds. The first-order valence-corrected chi connectivity index (χ1v) is 7.51. The van der Waals surface area contributed by atoms with Crippen molar-refractivity contribution in [1.82, 2.24) is 5.32 Å². The minimum atomic E-state index is -1.04. The van der Waals surface area contributed by atoms with Gasteiger partial charge in [-0.05, 0) is 52.9 Å². The zero-order chi connectivity index (χ0) is 15.2. The van der Waals surface area contributed by atoms with Gasteiger partial charge < -0.3 is 20.5 Å². The quantitative estimate of drug-likeness (QED) is 0.773. The zero-order valence-corrected chi connectivity index (χ0v) is 13.0. The van der Waals surface area contributed by atoms with Crippen molar-refractivity contribution in [2.24, 2.45) is 5.92 Å². The van der Waals surface area contributed by atoms with E-state index in [2.05, 4.69) is 26.6 Å². The summed E-state index contributed by atoms with van der Waals surface area (Å²) in [5.41, 5.74) is 0.543. The Kier molecular flexibility index (Phi) is 5.58. The van der Waals surface area contributed by atoms with Crippen molar-refractivity contribution in [3.63, 3.8) is 0 Å². The highest BCUT2D eigenvalue weighted by Gasteiger charge is 2.15. The molecule has 0 radical (unpaired) electrons. The maximum Gasteiger partial charge on any atom is 0.335 e. The molecule has 1 saturated heterocycles. The van der Waals surface area contributed by atoms with Gasteiger partial charge in [-0.2, -0.15) is 0 Å². The van der Waals surface area contributed by atoms with Gasteiger partial charge in [0.05, 0.1) is 17.9 Å². The van der Waals surface area contributed by atoms with Gasteiger partial charge in [0.2, 0.25) is 0 Å². The second-order valence-electron chi connectivity index (χ2n) is 4.92. The molecule has 0 spiro atoms. The van der Waals surface area contributed by atoms with Gasteiger partial charge in [0.15, 0.2) is 0 Å². The lowest BCUT2D eigenvalue weighted by molar-refractivity contribution is 0.0559. The number of benzene rings is 1. The number of aromatic carboxylic acids is 1. The van der Waals surface area contributed by atoms with E-state index in [-0.39, 0.29) is 11.6 Å². The standard InChI is InChI=1S/C14H17BrN2O4/c15-11-4-3-10(13(18)19)6-12(11)17-14(20)16-7-9-2-1-5-21-8-9/h3-4,6,9H,1-2,5,7-8H2,(H,18,19)(H2,16,17,20). The molecule has 21 heavy (non-hydrogen) atoms. The van der Waals surface area contributed by atoms with Crippen molar-refractivity contribution < 1.29 is 19.4 Å². The van der Waals surface area contributed by atoms with Crippen LogP contribution in [0.15, 0.2) is 22.7 Å². The third-order valence-corrected chi connectivity index (χ3v) is 3.96. The van der Waals surface area contributed by atoms with Gasteiger partial charge in [-0.25, -0.2) is 9.59 Å². The van der Waals surface area contributed by atoms with Crippen molar-refractivity contribution in [2.75, 3.05) is 25.1 Å². The lowest BCUT2D eigenvalue weighted by atomic mass is 10.0. The molecule has 1 aromatic rings. The molecule has 0 saturated carbocycles. The van der Waals surface area contributed by atoms with E-state index in [4.69, 9.17) is 9.84 Å². The van der Waals surface area contributed by atoms with Crippen LogP contribution in [0.5, 0.6) is 0 Å². The molecule has 114 valence electrons. The second kappa shape index (κ2) is 7.42. The maximum atomic E-state index is 11.9. The van der Waals surface area contributed by atoms with Crippen LogP contribution < -0.4 is 10.6 Å². The molecule has 1 fully saturated rings. The summed E-state index contributed by atoms with van der Waals surface area (Å²) in [7, 11) is 0. The van der Waals surface area contributed by atoms with Gasteiger partial charge in [0, 0.05) is 17.6 Å². The molecule has 1 aromatic carbocycles. The Bertz CT molecular complexity index is 530. The first kappa shape index (κ1) is 15.8. The van der Waals surface area contributed by atoms with Crippen LogP contribution in [-0.4, -0.2) is 36.9 Å². The van der Waals surface area contributed by atoms with E-state index < -0.39 is 5.97 Å². The van der Waals surface area contributed by atoms with Gasteiger partial charge in [0.1, 0.15) is 0 Å². The number of nitrogens with one attached hydrogen (secondary N) is 2. The number of hydrogen-bond acceptors (Lipinski definition) is 3. The lowest BCUT2D eigenvalue weighted by Gasteiger charge is -2.22. The highest BCUT2D eigenvalue weighted by Crippen LogP contribution is 2.23. The van der Waals surface area contributed by atoms with Gasteiger partial charge in [-0.3, -0.25) is 0 Å². The van der Waals surface area contributed by atoms with E-state index in [1.807, 2.05) is 0 Å². The van der Waals surface area contributed by atoms with E-state index in [0.717, 1.165) is 19.4 Å². The molecular weight excluding hydrogens is 340 g/mol. The lowest BCUT2D eigenvalue weighted by Crippen LogP contribution is -2.36. The highest BCUT2D eigenvalue weighted by molar-refractivity contribution is 9.10. The Balaban J connectivity index is 1.89. The molecule has 1 heterocycles. The minimum absolute atomic E-state index is 0.120. The third kappa shape index (κ3) is 4.71. The van der Waals surface area contributed by atoms with E-state index in [9.17, 15) is 9.59 Å². The Labute approximate surface area is 131 Å². The number of ether oxygens (including phenoxy) is 1. The number of carboxylic acid groups (broad SMARTS) is 1. The Morgan fingerprint density at radius 3 is 2.90 bits per heavy atom. The molecule has 1 aliphatic heterocycles. The molecule has 0 aromatic heterocycles. The van der Waals surface area contributed by atoms with Gasteiger partial charge in [-0.15, -0.1) is 0 Å². The fourth-order valence-corrected chi connectivity index (χ4v) is 2.47. The summed E-state index contributed by atoms with van der Waals surface area (Å²) in [6.07, 6.45) is 2.05. The summed E-state index contributed by atoms with van der Waals surface area (Å²) in [5, 5.41) is 14.4. The molecule has 1 unspecified atom stereocenters. The number of carbonyl (C=O) groups is 2. The maximum absolute atomic E-state index is 11.9. The van der Waals surface area contributed by atoms with Crippen LogP contribution >= 0.6 is 15.9 Å². The number of halogens is 1. The van der Waals surface area contributed by atoms with Crippen molar-refractivity contribution >= 4 is 33.6 Å². The first-order chi connectivity index (χ1) is 10.1. The molecule has 3 N–H and O–H groups in total. The first-order valence-electron chi connectivity index (χ1n) is 6.71. The van der Waals surface area contributed by atoms with E-state index in [0.29, 0.717) is 29.2 Å². The highest BCUT2D eigenvalue weighted by atomic mass is 79.9. The third-order valence-electron chi connectivity index (χ3n) is 3.27. The van der Waals surface area contributed by atoms with Gasteiger partial charge in [-0.1, -0.05) is 0 Å². The predicted molar refractivity (Wildman–Crippen MR) is 81.7 cm³/mol. The monoisotopic (exact) mass is 356 g/mol. The fourth-order valence-electron chi connectivity index (χ4n) is 2.13. The van der Waals surface area contributed by atoms with E-state index in [1.165, 1.54) is 12.1 Å². The summed E-state index contributed by atoms with van der Waals surface area (Å²) in [4.78, 5) is 22.8. The average molecular weight is 357 g/mol. The number of carboxylic acids is 1. The fraction of sp³-hybridized carbons (Fsp3) is 0.429. The molecule has 2 rings (SSSR count). The molecule has 7 heteroatoms. The van der Waals surface area contributed by atoms with Crippen molar-refractivity contribution in [3.05, 3.63) is 28.2 Å². The van der Waals surface area contributed by atoms with E-state index >= 15 is 0 Å². The molecule has 1 aliphatic rings. The molecule has 0 bridgehead atoms. The zero-order valence-electron chi connectivity index (χ0n) is 11.4. The smallest absolute Gasteiger partial charge is 0.335 e. The van der Waals surface area contributed by atoms with Crippen molar-refractivity contribution in [1.29, 1.82) is 0 Å². The summed E-state index contributed by atoms with van der Waals surface area (Å²) in [6.45, 7) is 2.00. The van der Waals surface area contributed by atoms with Crippen LogP contribution in [0.3, 0.4) is 0 Å². The number of anilines is 1. The van der Waals surface area contributed by atoms with Crippen LogP contribution in [0, 0.1) is 5.92 Å². The van der Waals surface area contributed by atoms with E-state index in [1.54, 1.807) is 6.07 Å². The molecular formula is C14H17BrN2O4. The Morgan fingerprint density at radius 1 is 1.43 bits per heavy atom. The number of rotatable bonds is 4. The topological polar surface area (TPSA) is 87.7 Å². The van der Waals surface area contributed by atoms with Crippen LogP contribution in [0.25, 0.3) is 0 Å². The molecule has 0 aliphatic carbocycles. The van der Waals surface area contributed by atoms with Gasteiger partial charge in [0.25, 0.3) is 0 Å². The van der Waals surface area contributed by atoms with Crippen LogP contribution in [-0.2, 0) is 4.74 Å². The summed E-state index contributed by atoms with van der Waals surface area (Å²) in [6, 6.07) is 4.11. The van der Waals surface area contributed by atoms with Crippen LogP contribution in [0.1, 0.15) is 23.2 Å². The summed E-state index contributed by atoms with van der Waals surface area (Å²) >= 11 is 3.28. The summed E-state index contributed by atoms with van der Waals surface area (Å²) < 4.78 is 5.98. The van der Waals surface area contributed by atoms with Crippen LogP contribution in [0.2, 0.25) is 0 Å². The Morgan fingerprint density at radius 2 is 2.24 bits per heavy atom. The predicted octanol–water partition coefficient (Wildman–Crippen LogP) is 2.70. The SMILES string of the molecule is O=C(NCC1CCCOC1)Nc1cc(C(=O)O)ccc1Br. The second-order valence-corrected chi connectivity index (χ2v) is 5.77. The average Bonchev–Trinajstić information content (AvgIpc) is 2.48. The molecule has 1 atom stereocenters. The number of carbonyl (C=O) groups excluding carboxylic acids is 1. The Hall–Kier alpha value is -1.60. The summed E-state index contributed by atoms with van der Waals surface area (Å²) in [5.74, 6) is -0.705.